The van der Waals surface area contributed by atoms with Crippen LogP contribution in [0, 0.1) is 0 Å². The third-order valence-corrected chi connectivity index (χ3v) is 5.07. The fraction of sp³-hybridized carbons (Fsp3) is 0.364. The first-order chi connectivity index (χ1) is 14.1. The van der Waals surface area contributed by atoms with Gasteiger partial charge < -0.3 is 19.3 Å². The molecule has 1 aliphatic heterocycles. The summed E-state index contributed by atoms with van der Waals surface area (Å²) in [5.41, 5.74) is 0.493. The molecule has 7 heteroatoms. The number of hydrogen-bond donors (Lipinski definition) is 0. The van der Waals surface area contributed by atoms with Crippen molar-refractivity contribution in [3.63, 3.8) is 0 Å². The molecule has 0 aliphatic carbocycles. The molecular weight excluding hydrogens is 392 g/mol. The molecule has 1 heterocycles. The highest BCUT2D eigenvalue weighted by molar-refractivity contribution is 6.33. The normalized spacial score (nSPS) is 14.3. The molecule has 0 saturated carbocycles. The maximum absolute atomic E-state index is 12.7. The average molecular weight is 417 g/mol. The molecule has 2 amide bonds. The zero-order chi connectivity index (χ0) is 20.6. The summed E-state index contributed by atoms with van der Waals surface area (Å²) in [6.45, 7) is 4.62. The molecule has 29 heavy (non-hydrogen) atoms. The van der Waals surface area contributed by atoms with E-state index in [1.165, 1.54) is 0 Å². The zero-order valence-electron chi connectivity index (χ0n) is 16.5. The Balaban J connectivity index is 1.51. The Bertz CT molecular complexity index is 841. The number of amides is 2. The van der Waals surface area contributed by atoms with Crippen molar-refractivity contribution >= 4 is 23.4 Å². The van der Waals surface area contributed by atoms with Gasteiger partial charge in [-0.15, -0.1) is 0 Å². The zero-order valence-corrected chi connectivity index (χ0v) is 17.2. The lowest BCUT2D eigenvalue weighted by atomic mass is 10.2. The van der Waals surface area contributed by atoms with E-state index in [1.54, 1.807) is 46.2 Å². The Morgan fingerprint density at radius 2 is 1.52 bits per heavy atom. The van der Waals surface area contributed by atoms with Crippen molar-refractivity contribution in [3.8, 4) is 11.5 Å². The lowest BCUT2D eigenvalue weighted by Gasteiger charge is -2.22. The number of halogens is 1. The van der Waals surface area contributed by atoms with Crippen LogP contribution in [-0.2, 0) is 4.79 Å². The minimum atomic E-state index is -0.101. The van der Waals surface area contributed by atoms with Crippen molar-refractivity contribution in [2.75, 3.05) is 39.4 Å². The van der Waals surface area contributed by atoms with Gasteiger partial charge >= 0.3 is 0 Å². The summed E-state index contributed by atoms with van der Waals surface area (Å²) >= 11 is 6.15. The van der Waals surface area contributed by atoms with Crippen LogP contribution in [0.15, 0.2) is 48.5 Å². The highest BCUT2D eigenvalue weighted by Gasteiger charge is 2.24. The first-order valence-corrected chi connectivity index (χ1v) is 10.1. The lowest BCUT2D eigenvalue weighted by molar-refractivity contribution is -0.133. The summed E-state index contributed by atoms with van der Waals surface area (Å²) in [7, 11) is 0. The van der Waals surface area contributed by atoms with Crippen LogP contribution in [0.5, 0.6) is 11.5 Å². The molecule has 154 valence electrons. The maximum Gasteiger partial charge on any atom is 0.260 e. The second-order valence-corrected chi connectivity index (χ2v) is 7.11. The minimum absolute atomic E-state index is 0.0353. The molecule has 1 fully saturated rings. The van der Waals surface area contributed by atoms with Gasteiger partial charge in [0.05, 0.1) is 17.2 Å². The number of ether oxygens (including phenoxy) is 2. The van der Waals surface area contributed by atoms with E-state index in [0.717, 1.165) is 5.75 Å². The smallest absolute Gasteiger partial charge is 0.260 e. The maximum atomic E-state index is 12.7. The van der Waals surface area contributed by atoms with Crippen LogP contribution in [0.4, 0.5) is 0 Å². The molecule has 0 N–H and O–H groups in total. The van der Waals surface area contributed by atoms with Crippen molar-refractivity contribution in [2.24, 2.45) is 0 Å². The monoisotopic (exact) mass is 416 g/mol. The van der Waals surface area contributed by atoms with Crippen LogP contribution < -0.4 is 9.47 Å². The van der Waals surface area contributed by atoms with Crippen molar-refractivity contribution in [2.45, 2.75) is 13.3 Å². The summed E-state index contributed by atoms with van der Waals surface area (Å²) < 4.78 is 11.0. The van der Waals surface area contributed by atoms with Crippen LogP contribution in [0.25, 0.3) is 0 Å². The molecular formula is C22H25ClN2O4. The second kappa shape index (κ2) is 10.2. The molecule has 0 atom stereocenters. The Labute approximate surface area is 176 Å². The number of hydrogen-bond acceptors (Lipinski definition) is 4. The van der Waals surface area contributed by atoms with Crippen molar-refractivity contribution in [3.05, 3.63) is 59.1 Å². The fourth-order valence-electron chi connectivity index (χ4n) is 3.21. The molecule has 0 unspecified atom stereocenters. The second-order valence-electron chi connectivity index (χ2n) is 6.70. The first-order valence-electron chi connectivity index (χ1n) is 9.75. The molecule has 0 radical (unpaired) electrons. The van der Waals surface area contributed by atoms with Crippen LogP contribution >= 0.6 is 11.6 Å². The number of benzene rings is 2. The van der Waals surface area contributed by atoms with Gasteiger partial charge in [-0.05, 0) is 49.7 Å². The van der Waals surface area contributed by atoms with Crippen molar-refractivity contribution < 1.29 is 19.1 Å². The van der Waals surface area contributed by atoms with E-state index in [-0.39, 0.29) is 18.4 Å². The summed E-state index contributed by atoms with van der Waals surface area (Å²) in [6, 6.07) is 14.2. The molecule has 3 rings (SSSR count). The molecule has 2 aromatic carbocycles. The van der Waals surface area contributed by atoms with Crippen LogP contribution in [-0.4, -0.2) is 61.0 Å². The number of nitrogens with zero attached hydrogens (tertiary/aromatic N) is 2. The van der Waals surface area contributed by atoms with Crippen LogP contribution in [0.3, 0.4) is 0 Å². The van der Waals surface area contributed by atoms with Gasteiger partial charge in [-0.3, -0.25) is 9.59 Å². The van der Waals surface area contributed by atoms with E-state index >= 15 is 0 Å². The summed E-state index contributed by atoms with van der Waals surface area (Å²) in [5.74, 6) is 1.19. The van der Waals surface area contributed by atoms with Gasteiger partial charge in [0.15, 0.2) is 6.61 Å². The summed E-state index contributed by atoms with van der Waals surface area (Å²) in [6.07, 6.45) is 0.713. The topological polar surface area (TPSA) is 59.1 Å². The molecule has 1 aliphatic rings. The average Bonchev–Trinajstić information content (AvgIpc) is 2.99. The molecule has 2 aromatic rings. The predicted octanol–water partition coefficient (Wildman–Crippen LogP) is 3.49. The molecule has 0 bridgehead atoms. The van der Waals surface area contributed by atoms with Gasteiger partial charge in [-0.2, -0.15) is 0 Å². The van der Waals surface area contributed by atoms with E-state index in [4.69, 9.17) is 21.1 Å². The molecule has 1 saturated heterocycles. The fourth-order valence-corrected chi connectivity index (χ4v) is 3.43. The molecule has 6 nitrogen and oxygen atoms in total. The van der Waals surface area contributed by atoms with E-state index in [9.17, 15) is 9.59 Å². The Hall–Kier alpha value is -2.73. The summed E-state index contributed by atoms with van der Waals surface area (Å²) in [5, 5.41) is 0.443. The lowest BCUT2D eigenvalue weighted by Crippen LogP contribution is -2.39. The largest absolute Gasteiger partial charge is 0.494 e. The number of rotatable bonds is 6. The van der Waals surface area contributed by atoms with Gasteiger partial charge in [0.25, 0.3) is 11.8 Å². The van der Waals surface area contributed by atoms with Gasteiger partial charge in [-0.25, -0.2) is 0 Å². The van der Waals surface area contributed by atoms with Crippen LogP contribution in [0.1, 0.15) is 23.7 Å². The standard InChI is InChI=1S/C22H25ClN2O4/c1-2-28-17-8-10-18(11-9-17)29-16-21(26)24-12-5-13-25(15-14-24)22(27)19-6-3-4-7-20(19)23/h3-4,6-11H,2,5,12-16H2,1H3. The van der Waals surface area contributed by atoms with E-state index < -0.39 is 0 Å². The summed E-state index contributed by atoms with van der Waals surface area (Å²) in [4.78, 5) is 28.8. The first kappa shape index (κ1) is 21.0. The quantitative estimate of drug-likeness (QED) is 0.723. The van der Waals surface area contributed by atoms with Crippen molar-refractivity contribution in [1.82, 2.24) is 9.80 Å². The third-order valence-electron chi connectivity index (χ3n) is 4.74. The van der Waals surface area contributed by atoms with Crippen LogP contribution in [0.2, 0.25) is 5.02 Å². The van der Waals surface area contributed by atoms with E-state index in [0.29, 0.717) is 55.5 Å². The Morgan fingerprint density at radius 1 is 0.897 bits per heavy atom. The van der Waals surface area contributed by atoms with Gasteiger partial charge in [0.2, 0.25) is 0 Å². The highest BCUT2D eigenvalue weighted by atomic mass is 35.5. The Kier molecular flexibility index (Phi) is 7.36. The minimum Gasteiger partial charge on any atom is -0.494 e. The SMILES string of the molecule is CCOc1ccc(OCC(=O)N2CCCN(C(=O)c3ccccc3Cl)CC2)cc1. The molecule has 0 spiro atoms. The third kappa shape index (κ3) is 5.64. The van der Waals surface area contributed by atoms with Gasteiger partial charge in [-0.1, -0.05) is 23.7 Å². The van der Waals surface area contributed by atoms with Crippen molar-refractivity contribution in [1.29, 1.82) is 0 Å². The van der Waals surface area contributed by atoms with Gasteiger partial charge in [0.1, 0.15) is 11.5 Å². The van der Waals surface area contributed by atoms with Gasteiger partial charge in [0, 0.05) is 26.2 Å². The number of carbonyl (C=O) groups excluding carboxylic acids is 2. The highest BCUT2D eigenvalue weighted by Crippen LogP contribution is 2.19. The molecule has 0 aromatic heterocycles. The van der Waals surface area contributed by atoms with E-state index in [2.05, 4.69) is 0 Å². The number of carbonyl (C=O) groups is 2. The van der Waals surface area contributed by atoms with E-state index in [1.807, 2.05) is 19.1 Å². The Morgan fingerprint density at radius 3 is 2.21 bits per heavy atom. The predicted molar refractivity (Wildman–Crippen MR) is 112 cm³/mol.